The van der Waals surface area contributed by atoms with Crippen LogP contribution in [0.2, 0.25) is 0 Å². The lowest BCUT2D eigenvalue weighted by molar-refractivity contribution is -0.133. The van der Waals surface area contributed by atoms with Crippen molar-refractivity contribution >= 4 is 40.9 Å². The summed E-state index contributed by atoms with van der Waals surface area (Å²) in [6, 6.07) is 12.9. The Bertz CT molecular complexity index is 890. The topological polar surface area (TPSA) is 69.7 Å². The molecule has 1 aliphatic rings. The summed E-state index contributed by atoms with van der Waals surface area (Å²) in [5.74, 6) is -1.15. The highest BCUT2D eigenvalue weighted by molar-refractivity contribution is 8.00. The fraction of sp³-hybridized carbons (Fsp3) is 0.211. The van der Waals surface area contributed by atoms with E-state index >= 15 is 0 Å². The first-order chi connectivity index (χ1) is 12.9. The van der Waals surface area contributed by atoms with Gasteiger partial charge in [0.25, 0.3) is 0 Å². The van der Waals surface area contributed by atoms with E-state index in [9.17, 15) is 18.8 Å². The van der Waals surface area contributed by atoms with E-state index in [4.69, 9.17) is 0 Å². The number of rotatable bonds is 5. The molecular formula is C19H18FN3O3S. The number of likely N-dealkylation sites (N-methyl/N-ethyl adjacent to an activating group) is 1. The molecule has 2 aromatic rings. The molecular weight excluding hydrogens is 369 g/mol. The van der Waals surface area contributed by atoms with Crippen LogP contribution >= 0.6 is 11.8 Å². The summed E-state index contributed by atoms with van der Waals surface area (Å²) in [6.07, 6.45) is 0. The number of halogens is 1. The molecule has 0 atom stereocenters. The molecule has 140 valence electrons. The number of carbonyl (C=O) groups excluding carboxylic acids is 3. The van der Waals surface area contributed by atoms with Crippen molar-refractivity contribution in [2.45, 2.75) is 4.90 Å². The van der Waals surface area contributed by atoms with Gasteiger partial charge in [-0.05, 0) is 30.3 Å². The van der Waals surface area contributed by atoms with Crippen molar-refractivity contribution in [3.63, 3.8) is 0 Å². The third-order valence-electron chi connectivity index (χ3n) is 4.02. The molecule has 0 fully saturated rings. The van der Waals surface area contributed by atoms with Gasteiger partial charge in [-0.1, -0.05) is 18.2 Å². The second kappa shape index (κ2) is 8.22. The van der Waals surface area contributed by atoms with E-state index < -0.39 is 11.7 Å². The number of amides is 3. The number of hydrogen-bond donors (Lipinski definition) is 1. The first kappa shape index (κ1) is 18.9. The molecule has 1 N–H and O–H groups in total. The third-order valence-corrected chi connectivity index (χ3v) is 5.06. The summed E-state index contributed by atoms with van der Waals surface area (Å²) in [7, 11) is 1.49. The Morgan fingerprint density at radius 2 is 2.00 bits per heavy atom. The number of carbonyl (C=O) groups is 3. The van der Waals surface area contributed by atoms with E-state index in [-0.39, 0.29) is 30.7 Å². The van der Waals surface area contributed by atoms with Crippen LogP contribution < -0.4 is 10.2 Å². The molecule has 3 rings (SSSR count). The summed E-state index contributed by atoms with van der Waals surface area (Å²) >= 11 is 1.44. The van der Waals surface area contributed by atoms with E-state index in [0.717, 1.165) is 4.90 Å². The van der Waals surface area contributed by atoms with Crippen LogP contribution in [0.4, 0.5) is 15.8 Å². The van der Waals surface area contributed by atoms with Crippen LogP contribution in [-0.2, 0) is 14.4 Å². The molecule has 1 aliphatic heterocycles. The number of nitrogens with one attached hydrogen (secondary N) is 1. The van der Waals surface area contributed by atoms with Gasteiger partial charge in [0.1, 0.15) is 12.4 Å². The van der Waals surface area contributed by atoms with Gasteiger partial charge in [-0.25, -0.2) is 4.39 Å². The van der Waals surface area contributed by atoms with Crippen LogP contribution in [0.1, 0.15) is 0 Å². The van der Waals surface area contributed by atoms with Crippen LogP contribution in [-0.4, -0.2) is 48.5 Å². The maximum absolute atomic E-state index is 13.2. The zero-order valence-electron chi connectivity index (χ0n) is 14.6. The molecule has 0 unspecified atom stereocenters. The second-order valence-electron chi connectivity index (χ2n) is 6.04. The molecule has 0 spiro atoms. The Hall–Kier alpha value is -2.87. The molecule has 0 aliphatic carbocycles. The number of para-hydroxylation sites is 1. The van der Waals surface area contributed by atoms with Crippen molar-refractivity contribution in [1.29, 1.82) is 0 Å². The first-order valence-electron chi connectivity index (χ1n) is 8.25. The Morgan fingerprint density at radius 3 is 2.78 bits per heavy atom. The van der Waals surface area contributed by atoms with Crippen LogP contribution in [0.3, 0.4) is 0 Å². The smallest absolute Gasteiger partial charge is 0.243 e. The van der Waals surface area contributed by atoms with E-state index in [1.165, 1.54) is 46.8 Å². The normalized spacial score (nSPS) is 13.1. The van der Waals surface area contributed by atoms with Crippen LogP contribution in [0, 0.1) is 5.82 Å². The second-order valence-corrected chi connectivity index (χ2v) is 7.06. The molecule has 0 bridgehead atoms. The highest BCUT2D eigenvalue weighted by atomic mass is 32.2. The minimum atomic E-state index is -0.461. The van der Waals surface area contributed by atoms with Crippen LogP contribution in [0.15, 0.2) is 53.4 Å². The molecule has 3 amide bonds. The van der Waals surface area contributed by atoms with Crippen molar-refractivity contribution in [1.82, 2.24) is 4.90 Å². The fourth-order valence-electron chi connectivity index (χ4n) is 2.65. The molecule has 8 heteroatoms. The van der Waals surface area contributed by atoms with E-state index in [1.807, 2.05) is 18.2 Å². The largest absolute Gasteiger partial charge is 0.335 e. The Balaban J connectivity index is 1.61. The molecule has 27 heavy (non-hydrogen) atoms. The molecule has 0 saturated heterocycles. The van der Waals surface area contributed by atoms with Crippen LogP contribution in [0.5, 0.6) is 0 Å². The zero-order chi connectivity index (χ0) is 19.4. The van der Waals surface area contributed by atoms with Gasteiger partial charge in [-0.15, -0.1) is 11.8 Å². The standard InChI is InChI=1S/C19H18FN3O3S/c1-22(10-17(24)21-14-6-4-5-13(20)9-14)18(25)11-23-15-7-2-3-8-16(15)27-12-19(23)26/h2-9H,10-12H2,1H3,(H,21,24). The quantitative estimate of drug-likeness (QED) is 0.855. The fourth-order valence-corrected chi connectivity index (χ4v) is 3.59. The number of nitrogens with zero attached hydrogens (tertiary/aromatic N) is 2. The van der Waals surface area contributed by atoms with E-state index in [0.29, 0.717) is 11.4 Å². The molecule has 0 radical (unpaired) electrons. The van der Waals surface area contributed by atoms with E-state index in [1.54, 1.807) is 12.1 Å². The SMILES string of the molecule is CN(CC(=O)Nc1cccc(F)c1)C(=O)CN1C(=O)CSc2ccccc21. The molecule has 0 aromatic heterocycles. The van der Waals surface area contributed by atoms with Gasteiger partial charge in [0.05, 0.1) is 18.0 Å². The van der Waals surface area contributed by atoms with Crippen LogP contribution in [0.25, 0.3) is 0 Å². The lowest BCUT2D eigenvalue weighted by Gasteiger charge is -2.29. The van der Waals surface area contributed by atoms with Gasteiger partial charge in [0, 0.05) is 17.6 Å². The molecule has 0 saturated carbocycles. The van der Waals surface area contributed by atoms with Gasteiger partial charge in [-0.2, -0.15) is 0 Å². The molecule has 1 heterocycles. The number of fused-ring (bicyclic) bond motifs is 1. The minimum absolute atomic E-state index is 0.139. The average molecular weight is 387 g/mol. The predicted molar refractivity (Wildman–Crippen MR) is 102 cm³/mol. The molecule has 6 nitrogen and oxygen atoms in total. The summed E-state index contributed by atoms with van der Waals surface area (Å²) < 4.78 is 13.2. The third kappa shape index (κ3) is 4.65. The van der Waals surface area contributed by atoms with Gasteiger partial charge >= 0.3 is 0 Å². The van der Waals surface area contributed by atoms with Crippen molar-refractivity contribution in [2.75, 3.05) is 36.1 Å². The average Bonchev–Trinajstić information content (AvgIpc) is 2.63. The monoisotopic (exact) mass is 387 g/mol. The highest BCUT2D eigenvalue weighted by Crippen LogP contribution is 2.34. The molecule has 2 aromatic carbocycles. The van der Waals surface area contributed by atoms with Gasteiger partial charge < -0.3 is 15.1 Å². The first-order valence-corrected chi connectivity index (χ1v) is 9.24. The van der Waals surface area contributed by atoms with Crippen molar-refractivity contribution in [3.8, 4) is 0 Å². The van der Waals surface area contributed by atoms with E-state index in [2.05, 4.69) is 5.32 Å². The Kier molecular flexibility index (Phi) is 5.75. The summed E-state index contributed by atoms with van der Waals surface area (Å²) in [6.45, 7) is -0.339. The van der Waals surface area contributed by atoms with Crippen molar-refractivity contribution < 1.29 is 18.8 Å². The van der Waals surface area contributed by atoms with Gasteiger partial charge in [0.2, 0.25) is 17.7 Å². The highest BCUT2D eigenvalue weighted by Gasteiger charge is 2.27. The Morgan fingerprint density at radius 1 is 1.22 bits per heavy atom. The summed E-state index contributed by atoms with van der Waals surface area (Å²) in [5.41, 5.74) is 1.02. The lowest BCUT2D eigenvalue weighted by atomic mass is 10.2. The lowest BCUT2D eigenvalue weighted by Crippen LogP contribution is -2.45. The summed E-state index contributed by atoms with van der Waals surface area (Å²) in [5, 5.41) is 2.54. The van der Waals surface area contributed by atoms with Crippen molar-refractivity contribution in [3.05, 3.63) is 54.3 Å². The number of benzene rings is 2. The van der Waals surface area contributed by atoms with Gasteiger partial charge in [-0.3, -0.25) is 14.4 Å². The number of anilines is 2. The minimum Gasteiger partial charge on any atom is -0.335 e. The maximum atomic E-state index is 13.2. The maximum Gasteiger partial charge on any atom is 0.243 e. The van der Waals surface area contributed by atoms with Gasteiger partial charge in [0.15, 0.2) is 0 Å². The summed E-state index contributed by atoms with van der Waals surface area (Å²) in [4.78, 5) is 40.4. The predicted octanol–water partition coefficient (Wildman–Crippen LogP) is 2.36. The zero-order valence-corrected chi connectivity index (χ0v) is 15.5. The Labute approximate surface area is 160 Å². The van der Waals surface area contributed by atoms with Crippen molar-refractivity contribution in [2.24, 2.45) is 0 Å². The number of hydrogen-bond acceptors (Lipinski definition) is 4. The number of thioether (sulfide) groups is 1.